The van der Waals surface area contributed by atoms with E-state index in [2.05, 4.69) is 5.32 Å². The van der Waals surface area contributed by atoms with Crippen LogP contribution in [0.5, 0.6) is 0 Å². The van der Waals surface area contributed by atoms with Gasteiger partial charge in [0.15, 0.2) is 0 Å². The molecule has 2 aromatic carbocycles. The Labute approximate surface area is 119 Å². The molecule has 0 heterocycles. The first-order valence-electron chi connectivity index (χ1n) is 5.85. The van der Waals surface area contributed by atoms with E-state index in [0.29, 0.717) is 5.56 Å². The lowest BCUT2D eigenvalue weighted by molar-refractivity contribution is 0.0698. The fraction of sp³-hybridized carbons (Fsp3) is 0. The van der Waals surface area contributed by atoms with Crippen LogP contribution >= 0.6 is 0 Å². The molecule has 0 saturated carbocycles. The summed E-state index contributed by atoms with van der Waals surface area (Å²) in [7, 11) is 0. The number of carbonyl (C=O) groups excluding carboxylic acids is 1. The summed E-state index contributed by atoms with van der Waals surface area (Å²) in [6, 6.07) is 10.7. The van der Waals surface area contributed by atoms with Crippen molar-refractivity contribution in [3.05, 3.63) is 65.0 Å². The van der Waals surface area contributed by atoms with Gasteiger partial charge in [0.1, 0.15) is 5.82 Å². The topological polar surface area (TPSA) is 90.2 Å². The summed E-state index contributed by atoms with van der Waals surface area (Å²) in [4.78, 5) is 23.0. The van der Waals surface area contributed by atoms with Crippen LogP contribution in [0, 0.1) is 17.1 Å². The lowest BCUT2D eigenvalue weighted by atomic mass is 10.1. The zero-order chi connectivity index (χ0) is 15.4. The molecular formula is C15H9FN2O3. The summed E-state index contributed by atoms with van der Waals surface area (Å²) >= 11 is 0. The Balaban J connectivity index is 2.28. The number of rotatable bonds is 3. The number of carbonyl (C=O) groups is 2. The zero-order valence-corrected chi connectivity index (χ0v) is 10.6. The first-order chi connectivity index (χ1) is 10.0. The number of nitriles is 1. The standard InChI is InChI=1S/C15H9FN2O3/c16-11-5-6-12(15(20)21)13(7-11)18-14(19)10-3-1-9(8-17)2-4-10/h1-7H,(H,18,19)(H,20,21). The van der Waals surface area contributed by atoms with Crippen molar-refractivity contribution >= 4 is 17.6 Å². The Morgan fingerprint density at radius 3 is 2.38 bits per heavy atom. The average molecular weight is 284 g/mol. The monoisotopic (exact) mass is 284 g/mol. The van der Waals surface area contributed by atoms with Gasteiger partial charge in [-0.3, -0.25) is 4.79 Å². The minimum Gasteiger partial charge on any atom is -0.478 e. The molecule has 2 N–H and O–H groups in total. The number of halogens is 1. The Kier molecular flexibility index (Phi) is 3.95. The highest BCUT2D eigenvalue weighted by Gasteiger charge is 2.14. The molecule has 0 fully saturated rings. The Morgan fingerprint density at radius 2 is 1.81 bits per heavy atom. The molecule has 0 aliphatic heterocycles. The molecule has 5 nitrogen and oxygen atoms in total. The third-order valence-electron chi connectivity index (χ3n) is 2.74. The molecule has 6 heteroatoms. The number of amides is 1. The van der Waals surface area contributed by atoms with Crippen LogP contribution in [-0.4, -0.2) is 17.0 Å². The highest BCUT2D eigenvalue weighted by atomic mass is 19.1. The van der Waals surface area contributed by atoms with Crippen molar-refractivity contribution in [3.8, 4) is 6.07 Å². The number of nitrogens with one attached hydrogen (secondary N) is 1. The van der Waals surface area contributed by atoms with E-state index in [4.69, 9.17) is 10.4 Å². The number of nitrogens with zero attached hydrogens (tertiary/aromatic N) is 1. The average Bonchev–Trinajstić information content (AvgIpc) is 2.47. The summed E-state index contributed by atoms with van der Waals surface area (Å²) in [5, 5.41) is 20.0. The van der Waals surface area contributed by atoms with Crippen molar-refractivity contribution in [2.24, 2.45) is 0 Å². The summed E-state index contributed by atoms with van der Waals surface area (Å²) in [5.41, 5.74) is 0.286. The molecule has 104 valence electrons. The van der Waals surface area contributed by atoms with Crippen LogP contribution in [0.2, 0.25) is 0 Å². The summed E-state index contributed by atoms with van der Waals surface area (Å²) in [6.45, 7) is 0. The van der Waals surface area contributed by atoms with Crippen LogP contribution < -0.4 is 5.32 Å². The maximum absolute atomic E-state index is 13.2. The van der Waals surface area contributed by atoms with E-state index in [0.717, 1.165) is 18.2 Å². The van der Waals surface area contributed by atoms with Gasteiger partial charge in [0.05, 0.1) is 22.9 Å². The van der Waals surface area contributed by atoms with E-state index >= 15 is 0 Å². The Morgan fingerprint density at radius 1 is 1.14 bits per heavy atom. The Bertz CT molecular complexity index is 749. The molecule has 0 saturated heterocycles. The number of benzene rings is 2. The van der Waals surface area contributed by atoms with E-state index in [-0.39, 0.29) is 16.8 Å². The van der Waals surface area contributed by atoms with Crippen molar-refractivity contribution in [2.45, 2.75) is 0 Å². The number of anilines is 1. The molecule has 2 aromatic rings. The molecule has 0 radical (unpaired) electrons. The number of hydrogen-bond donors (Lipinski definition) is 2. The second-order valence-corrected chi connectivity index (χ2v) is 4.14. The number of carboxylic acids is 1. The minimum atomic E-state index is -1.27. The van der Waals surface area contributed by atoms with Crippen LogP contribution in [-0.2, 0) is 0 Å². The van der Waals surface area contributed by atoms with Gasteiger partial charge in [-0.05, 0) is 42.5 Å². The largest absolute Gasteiger partial charge is 0.478 e. The predicted molar refractivity (Wildman–Crippen MR) is 72.5 cm³/mol. The van der Waals surface area contributed by atoms with Crippen molar-refractivity contribution in [2.75, 3.05) is 5.32 Å². The van der Waals surface area contributed by atoms with Gasteiger partial charge in [0.2, 0.25) is 0 Å². The molecule has 0 aliphatic rings. The van der Waals surface area contributed by atoms with Crippen molar-refractivity contribution in [1.29, 1.82) is 5.26 Å². The van der Waals surface area contributed by atoms with E-state index in [1.807, 2.05) is 6.07 Å². The second-order valence-electron chi connectivity index (χ2n) is 4.14. The highest BCUT2D eigenvalue weighted by molar-refractivity contribution is 6.07. The third-order valence-corrected chi connectivity index (χ3v) is 2.74. The van der Waals surface area contributed by atoms with Gasteiger partial charge in [-0.2, -0.15) is 5.26 Å². The third kappa shape index (κ3) is 3.22. The predicted octanol–water partition coefficient (Wildman–Crippen LogP) is 2.65. The number of aromatic carboxylic acids is 1. The number of hydrogen-bond acceptors (Lipinski definition) is 3. The fourth-order valence-corrected chi connectivity index (χ4v) is 1.70. The van der Waals surface area contributed by atoms with Gasteiger partial charge in [-0.1, -0.05) is 0 Å². The molecule has 2 rings (SSSR count). The fourth-order valence-electron chi connectivity index (χ4n) is 1.70. The normalized spacial score (nSPS) is 9.71. The molecule has 0 aromatic heterocycles. The SMILES string of the molecule is N#Cc1ccc(C(=O)Nc2cc(F)ccc2C(=O)O)cc1. The van der Waals surface area contributed by atoms with E-state index < -0.39 is 17.7 Å². The maximum atomic E-state index is 13.2. The van der Waals surface area contributed by atoms with Gasteiger partial charge in [-0.25, -0.2) is 9.18 Å². The molecule has 0 bridgehead atoms. The van der Waals surface area contributed by atoms with Crippen LogP contribution in [0.25, 0.3) is 0 Å². The summed E-state index contributed by atoms with van der Waals surface area (Å²) in [5.74, 6) is -2.52. The Hall–Kier alpha value is -3.20. The van der Waals surface area contributed by atoms with Crippen molar-refractivity contribution in [3.63, 3.8) is 0 Å². The second kappa shape index (κ2) is 5.84. The van der Waals surface area contributed by atoms with Gasteiger partial charge in [0.25, 0.3) is 5.91 Å². The van der Waals surface area contributed by atoms with E-state index in [1.54, 1.807) is 0 Å². The van der Waals surface area contributed by atoms with Crippen LogP contribution in [0.3, 0.4) is 0 Å². The van der Waals surface area contributed by atoms with Gasteiger partial charge in [0, 0.05) is 5.56 Å². The molecule has 0 unspecified atom stereocenters. The lowest BCUT2D eigenvalue weighted by Crippen LogP contribution is -2.15. The summed E-state index contributed by atoms with van der Waals surface area (Å²) in [6.07, 6.45) is 0. The highest BCUT2D eigenvalue weighted by Crippen LogP contribution is 2.18. The van der Waals surface area contributed by atoms with E-state index in [9.17, 15) is 14.0 Å². The molecule has 0 spiro atoms. The molecular weight excluding hydrogens is 275 g/mol. The lowest BCUT2D eigenvalue weighted by Gasteiger charge is -2.08. The molecule has 0 atom stereocenters. The molecule has 21 heavy (non-hydrogen) atoms. The van der Waals surface area contributed by atoms with Gasteiger partial charge >= 0.3 is 5.97 Å². The smallest absolute Gasteiger partial charge is 0.337 e. The summed E-state index contributed by atoms with van der Waals surface area (Å²) < 4.78 is 13.2. The number of carboxylic acid groups (broad SMARTS) is 1. The van der Waals surface area contributed by atoms with Crippen molar-refractivity contribution < 1.29 is 19.1 Å². The molecule has 1 amide bonds. The van der Waals surface area contributed by atoms with E-state index in [1.165, 1.54) is 24.3 Å². The minimum absolute atomic E-state index is 0.128. The quantitative estimate of drug-likeness (QED) is 0.906. The first-order valence-corrected chi connectivity index (χ1v) is 5.85. The molecule has 0 aliphatic carbocycles. The van der Waals surface area contributed by atoms with Gasteiger partial charge in [-0.15, -0.1) is 0 Å². The first kappa shape index (κ1) is 14.2. The maximum Gasteiger partial charge on any atom is 0.337 e. The van der Waals surface area contributed by atoms with Crippen LogP contribution in [0.15, 0.2) is 42.5 Å². The van der Waals surface area contributed by atoms with Crippen molar-refractivity contribution in [1.82, 2.24) is 0 Å². The van der Waals surface area contributed by atoms with Gasteiger partial charge < -0.3 is 10.4 Å². The van der Waals surface area contributed by atoms with Crippen LogP contribution in [0.4, 0.5) is 10.1 Å². The van der Waals surface area contributed by atoms with Crippen LogP contribution in [0.1, 0.15) is 26.3 Å². The zero-order valence-electron chi connectivity index (χ0n) is 10.6.